The molecule has 0 spiro atoms. The molecule has 0 unspecified atom stereocenters. The van der Waals surface area contributed by atoms with Gasteiger partial charge >= 0.3 is 6.18 Å². The van der Waals surface area contributed by atoms with Gasteiger partial charge < -0.3 is 15.0 Å². The van der Waals surface area contributed by atoms with Crippen molar-refractivity contribution in [3.63, 3.8) is 0 Å². The Hall–Kier alpha value is -1.41. The van der Waals surface area contributed by atoms with Crippen molar-refractivity contribution < 1.29 is 17.9 Å². The van der Waals surface area contributed by atoms with Crippen LogP contribution in [0.25, 0.3) is 0 Å². The summed E-state index contributed by atoms with van der Waals surface area (Å²) in [7, 11) is 2.00. The van der Waals surface area contributed by atoms with Crippen LogP contribution in [0.2, 0.25) is 0 Å². The summed E-state index contributed by atoms with van der Waals surface area (Å²) in [6.45, 7) is 6.75. The molecule has 0 amide bonds. The molecular formula is C14H21F3N4O. The number of likely N-dealkylation sites (N-methyl/N-ethyl adjacent to an activating group) is 1. The molecule has 1 aromatic rings. The summed E-state index contributed by atoms with van der Waals surface area (Å²) < 4.78 is 43.9. The number of aromatic nitrogens is 2. The van der Waals surface area contributed by atoms with Gasteiger partial charge in [-0.2, -0.15) is 13.2 Å². The first-order valence-electron chi connectivity index (χ1n) is 7.20. The maximum absolute atomic E-state index is 12.8. The lowest BCUT2D eigenvalue weighted by Gasteiger charge is -2.20. The maximum atomic E-state index is 12.8. The monoisotopic (exact) mass is 318 g/mol. The standard InChI is InChI=1S/C14H21F3N4O/c1-9-10(2)19-13(14(15,16)17)20-12(9)18-6-11-7-21(3)4-5-22-8-11/h11H,4-8H2,1-3H3,(H,18,19,20)/t11-/m0/s1. The number of hydrogen-bond acceptors (Lipinski definition) is 5. The summed E-state index contributed by atoms with van der Waals surface area (Å²) in [6.07, 6.45) is -4.54. The summed E-state index contributed by atoms with van der Waals surface area (Å²) in [5.74, 6) is -0.657. The van der Waals surface area contributed by atoms with Gasteiger partial charge in [-0.25, -0.2) is 9.97 Å². The molecule has 2 heterocycles. The van der Waals surface area contributed by atoms with Crippen LogP contribution in [0.3, 0.4) is 0 Å². The van der Waals surface area contributed by atoms with Gasteiger partial charge in [0.15, 0.2) is 0 Å². The van der Waals surface area contributed by atoms with E-state index >= 15 is 0 Å². The summed E-state index contributed by atoms with van der Waals surface area (Å²) in [4.78, 5) is 9.30. The van der Waals surface area contributed by atoms with Crippen LogP contribution in [0.4, 0.5) is 19.0 Å². The number of anilines is 1. The molecule has 0 saturated carbocycles. The Labute approximate surface area is 127 Å². The number of hydrogen-bond donors (Lipinski definition) is 1. The molecule has 1 aliphatic heterocycles. The van der Waals surface area contributed by atoms with E-state index in [1.165, 1.54) is 0 Å². The van der Waals surface area contributed by atoms with Gasteiger partial charge in [-0.15, -0.1) is 0 Å². The van der Waals surface area contributed by atoms with Crippen LogP contribution in [0.15, 0.2) is 0 Å². The van der Waals surface area contributed by atoms with Gasteiger partial charge in [-0.05, 0) is 20.9 Å². The van der Waals surface area contributed by atoms with Crippen LogP contribution >= 0.6 is 0 Å². The number of ether oxygens (including phenoxy) is 1. The Morgan fingerprint density at radius 3 is 2.73 bits per heavy atom. The quantitative estimate of drug-likeness (QED) is 0.925. The van der Waals surface area contributed by atoms with Crippen LogP contribution in [-0.4, -0.2) is 54.8 Å². The van der Waals surface area contributed by atoms with Crippen molar-refractivity contribution in [2.24, 2.45) is 5.92 Å². The van der Waals surface area contributed by atoms with E-state index in [-0.39, 0.29) is 11.7 Å². The Bertz CT molecular complexity index is 522. The van der Waals surface area contributed by atoms with E-state index in [0.717, 1.165) is 13.1 Å². The zero-order valence-corrected chi connectivity index (χ0v) is 13.0. The lowest BCUT2D eigenvalue weighted by Crippen LogP contribution is -2.30. The van der Waals surface area contributed by atoms with Crippen molar-refractivity contribution in [1.29, 1.82) is 0 Å². The van der Waals surface area contributed by atoms with Crippen LogP contribution in [0.1, 0.15) is 17.1 Å². The third-order valence-electron chi connectivity index (χ3n) is 3.74. The minimum Gasteiger partial charge on any atom is -0.380 e. The predicted octanol–water partition coefficient (Wildman–Crippen LogP) is 2.10. The minimum atomic E-state index is -4.54. The van der Waals surface area contributed by atoms with Crippen LogP contribution in [0.5, 0.6) is 0 Å². The predicted molar refractivity (Wildman–Crippen MR) is 76.8 cm³/mol. The van der Waals surface area contributed by atoms with Crippen molar-refractivity contribution in [1.82, 2.24) is 14.9 Å². The topological polar surface area (TPSA) is 50.3 Å². The lowest BCUT2D eigenvalue weighted by atomic mass is 10.1. The Balaban J connectivity index is 2.10. The first kappa shape index (κ1) is 17.0. The molecule has 1 aliphatic rings. The molecule has 2 rings (SSSR count). The van der Waals surface area contributed by atoms with E-state index in [1.807, 2.05) is 7.05 Å². The highest BCUT2D eigenvalue weighted by Gasteiger charge is 2.35. The molecule has 0 radical (unpaired) electrons. The summed E-state index contributed by atoms with van der Waals surface area (Å²) >= 11 is 0. The number of rotatable bonds is 3. The third-order valence-corrected chi connectivity index (χ3v) is 3.74. The molecule has 1 atom stereocenters. The fraction of sp³-hybridized carbons (Fsp3) is 0.714. The van der Waals surface area contributed by atoms with Gasteiger partial charge in [0, 0.05) is 36.8 Å². The molecule has 1 fully saturated rings. The third kappa shape index (κ3) is 4.30. The number of aryl methyl sites for hydroxylation is 1. The Kier molecular flexibility index (Phi) is 5.23. The SMILES string of the molecule is Cc1nc(C(F)(F)F)nc(NC[C@@H]2COCCN(C)C2)c1C. The van der Waals surface area contributed by atoms with E-state index in [1.54, 1.807) is 13.8 Å². The second-order valence-corrected chi connectivity index (χ2v) is 5.69. The van der Waals surface area contributed by atoms with Gasteiger partial charge in [0.2, 0.25) is 5.82 Å². The second-order valence-electron chi connectivity index (χ2n) is 5.69. The Morgan fingerprint density at radius 2 is 2.05 bits per heavy atom. The zero-order valence-electron chi connectivity index (χ0n) is 13.0. The Morgan fingerprint density at radius 1 is 1.32 bits per heavy atom. The van der Waals surface area contributed by atoms with E-state index in [2.05, 4.69) is 20.2 Å². The van der Waals surface area contributed by atoms with Gasteiger partial charge in [0.25, 0.3) is 0 Å². The van der Waals surface area contributed by atoms with Crippen LogP contribution in [0, 0.1) is 19.8 Å². The van der Waals surface area contributed by atoms with Gasteiger partial charge in [0.05, 0.1) is 13.2 Å². The zero-order chi connectivity index (χ0) is 16.3. The fourth-order valence-corrected chi connectivity index (χ4v) is 2.35. The molecule has 8 heteroatoms. The van der Waals surface area contributed by atoms with Gasteiger partial charge in [-0.1, -0.05) is 0 Å². The fourth-order valence-electron chi connectivity index (χ4n) is 2.35. The molecule has 5 nitrogen and oxygen atoms in total. The molecule has 1 aromatic heterocycles. The molecular weight excluding hydrogens is 297 g/mol. The second kappa shape index (κ2) is 6.78. The van der Waals surface area contributed by atoms with Crippen molar-refractivity contribution in [3.05, 3.63) is 17.1 Å². The highest BCUT2D eigenvalue weighted by molar-refractivity contribution is 5.45. The van der Waals surface area contributed by atoms with Crippen molar-refractivity contribution in [2.75, 3.05) is 45.2 Å². The van der Waals surface area contributed by atoms with E-state index in [9.17, 15) is 13.2 Å². The molecule has 124 valence electrons. The van der Waals surface area contributed by atoms with Gasteiger partial charge in [0.1, 0.15) is 5.82 Å². The number of alkyl halides is 3. The minimum absolute atomic E-state index is 0.205. The molecule has 22 heavy (non-hydrogen) atoms. The lowest BCUT2D eigenvalue weighted by molar-refractivity contribution is -0.145. The van der Waals surface area contributed by atoms with Crippen molar-refractivity contribution >= 4 is 5.82 Å². The number of halogens is 3. The summed E-state index contributed by atoms with van der Waals surface area (Å²) in [5, 5.41) is 3.03. The van der Waals surface area contributed by atoms with Crippen molar-refractivity contribution in [3.8, 4) is 0 Å². The molecule has 1 saturated heterocycles. The van der Waals surface area contributed by atoms with E-state index < -0.39 is 12.0 Å². The number of nitrogens with zero attached hydrogens (tertiary/aromatic N) is 3. The molecule has 1 N–H and O–H groups in total. The average Bonchev–Trinajstić information content (AvgIpc) is 2.63. The number of nitrogens with one attached hydrogen (secondary N) is 1. The van der Waals surface area contributed by atoms with E-state index in [0.29, 0.717) is 31.0 Å². The first-order chi connectivity index (χ1) is 10.3. The largest absolute Gasteiger partial charge is 0.451 e. The van der Waals surface area contributed by atoms with E-state index in [4.69, 9.17) is 4.74 Å². The highest BCUT2D eigenvalue weighted by Crippen LogP contribution is 2.28. The molecule has 0 bridgehead atoms. The summed E-state index contributed by atoms with van der Waals surface area (Å²) in [6, 6.07) is 0. The molecule has 0 aliphatic carbocycles. The smallest absolute Gasteiger partial charge is 0.380 e. The van der Waals surface area contributed by atoms with Crippen LogP contribution < -0.4 is 5.32 Å². The van der Waals surface area contributed by atoms with Gasteiger partial charge in [-0.3, -0.25) is 0 Å². The highest BCUT2D eigenvalue weighted by atomic mass is 19.4. The summed E-state index contributed by atoms with van der Waals surface area (Å²) in [5.41, 5.74) is 0.968. The first-order valence-corrected chi connectivity index (χ1v) is 7.20. The molecule has 0 aromatic carbocycles. The van der Waals surface area contributed by atoms with Crippen LogP contribution in [-0.2, 0) is 10.9 Å². The maximum Gasteiger partial charge on any atom is 0.451 e. The van der Waals surface area contributed by atoms with Crippen molar-refractivity contribution in [2.45, 2.75) is 20.0 Å². The normalized spacial score (nSPS) is 20.7. The average molecular weight is 318 g/mol.